The van der Waals surface area contributed by atoms with Crippen molar-refractivity contribution in [1.29, 1.82) is 0 Å². The number of nitrogens with two attached hydrogens (primary N) is 1. The van der Waals surface area contributed by atoms with Gasteiger partial charge in [-0.3, -0.25) is 0 Å². The van der Waals surface area contributed by atoms with E-state index in [1.54, 1.807) is 6.92 Å². The molecule has 1 unspecified atom stereocenters. The molecule has 1 heterocycles. The summed E-state index contributed by atoms with van der Waals surface area (Å²) < 4.78 is 50.3. The van der Waals surface area contributed by atoms with Crippen LogP contribution in [-0.2, 0) is 19.9 Å². The summed E-state index contributed by atoms with van der Waals surface area (Å²) in [5.41, 5.74) is 6.07. The van der Waals surface area contributed by atoms with Crippen LogP contribution >= 0.6 is 15.9 Å². The monoisotopic (exact) mass is 396 g/mol. The van der Waals surface area contributed by atoms with Gasteiger partial charge < -0.3 is 5.73 Å². The Balaban J connectivity index is 2.41. The summed E-state index contributed by atoms with van der Waals surface area (Å²) in [7, 11) is -6.91. The fourth-order valence-corrected chi connectivity index (χ4v) is 7.03. The number of rotatable bonds is 4. The second kappa shape index (κ2) is 5.86. The van der Waals surface area contributed by atoms with Gasteiger partial charge in [0.05, 0.1) is 16.4 Å². The van der Waals surface area contributed by atoms with Crippen molar-refractivity contribution in [3.63, 3.8) is 0 Å². The molecule has 1 aliphatic heterocycles. The number of sulfone groups is 1. The molecule has 1 saturated heterocycles. The van der Waals surface area contributed by atoms with Crippen LogP contribution in [-0.4, -0.2) is 45.2 Å². The van der Waals surface area contributed by atoms with Crippen molar-refractivity contribution in [2.45, 2.75) is 24.3 Å². The third-order valence-corrected chi connectivity index (χ3v) is 8.22. The molecule has 21 heavy (non-hydrogen) atoms. The van der Waals surface area contributed by atoms with Crippen LogP contribution in [0.1, 0.15) is 13.3 Å². The Bertz CT molecular complexity index is 747. The Morgan fingerprint density at radius 3 is 2.57 bits per heavy atom. The number of nitrogens with zero attached hydrogens (tertiary/aromatic N) is 1. The van der Waals surface area contributed by atoms with Gasteiger partial charge in [0, 0.05) is 22.7 Å². The average Bonchev–Trinajstić information content (AvgIpc) is 2.69. The highest BCUT2D eigenvalue weighted by molar-refractivity contribution is 9.10. The Labute approximate surface area is 133 Å². The first-order valence-electron chi connectivity index (χ1n) is 6.44. The molecule has 6 nitrogen and oxygen atoms in total. The van der Waals surface area contributed by atoms with Gasteiger partial charge in [0.25, 0.3) is 0 Å². The van der Waals surface area contributed by atoms with Crippen LogP contribution in [0, 0.1) is 0 Å². The van der Waals surface area contributed by atoms with E-state index in [0.29, 0.717) is 16.6 Å². The van der Waals surface area contributed by atoms with Crippen molar-refractivity contribution in [2.75, 3.05) is 23.8 Å². The van der Waals surface area contributed by atoms with Crippen LogP contribution in [0.5, 0.6) is 0 Å². The molecule has 0 radical (unpaired) electrons. The van der Waals surface area contributed by atoms with Crippen molar-refractivity contribution < 1.29 is 16.8 Å². The molecule has 9 heteroatoms. The van der Waals surface area contributed by atoms with Gasteiger partial charge in [-0.2, -0.15) is 4.31 Å². The van der Waals surface area contributed by atoms with Crippen LogP contribution in [0.25, 0.3) is 0 Å². The average molecular weight is 397 g/mol. The molecule has 1 atom stereocenters. The summed E-state index contributed by atoms with van der Waals surface area (Å²) in [4.78, 5) is 0.0999. The molecule has 1 aliphatic rings. The van der Waals surface area contributed by atoms with E-state index in [9.17, 15) is 16.8 Å². The number of hydrogen-bond acceptors (Lipinski definition) is 5. The van der Waals surface area contributed by atoms with Gasteiger partial charge in [-0.15, -0.1) is 0 Å². The molecular weight excluding hydrogens is 380 g/mol. The van der Waals surface area contributed by atoms with E-state index in [4.69, 9.17) is 5.73 Å². The number of anilines is 1. The molecule has 1 aromatic rings. The predicted octanol–water partition coefficient (Wildman–Crippen LogP) is 1.23. The molecule has 0 aliphatic carbocycles. The molecule has 1 aromatic carbocycles. The molecule has 118 valence electrons. The standard InChI is InChI=1S/C12H17BrN2O4S2/c1-2-15(10-5-6-20(16,17)8-10)21(18,19)12-4-3-9(14)7-11(12)13/h3-4,7,10H,2,5-6,8,14H2,1H3. The van der Waals surface area contributed by atoms with Crippen LogP contribution in [0.15, 0.2) is 27.6 Å². The SMILES string of the molecule is CCN(C1CCS(=O)(=O)C1)S(=O)(=O)c1ccc(N)cc1Br. The van der Waals surface area contributed by atoms with Crippen molar-refractivity contribution in [3.8, 4) is 0 Å². The number of benzene rings is 1. The Morgan fingerprint density at radius 2 is 2.10 bits per heavy atom. The number of nitrogen functional groups attached to an aromatic ring is 1. The van der Waals surface area contributed by atoms with Crippen molar-refractivity contribution in [1.82, 2.24) is 4.31 Å². The lowest BCUT2D eigenvalue weighted by Gasteiger charge is -2.26. The summed E-state index contributed by atoms with van der Waals surface area (Å²) in [6.45, 7) is 1.92. The topological polar surface area (TPSA) is 97.5 Å². The fourth-order valence-electron chi connectivity index (χ4n) is 2.48. The highest BCUT2D eigenvalue weighted by Crippen LogP contribution is 2.30. The van der Waals surface area contributed by atoms with Gasteiger partial charge in [0.15, 0.2) is 9.84 Å². The summed E-state index contributed by atoms with van der Waals surface area (Å²) >= 11 is 3.21. The molecule has 0 bridgehead atoms. The molecule has 1 fully saturated rings. The van der Waals surface area contributed by atoms with Gasteiger partial charge >= 0.3 is 0 Å². The van der Waals surface area contributed by atoms with E-state index < -0.39 is 25.9 Å². The summed E-state index contributed by atoms with van der Waals surface area (Å²) in [6, 6.07) is 3.96. The zero-order chi connectivity index (χ0) is 15.8. The second-order valence-electron chi connectivity index (χ2n) is 4.96. The van der Waals surface area contributed by atoms with E-state index in [-0.39, 0.29) is 22.9 Å². The molecule has 2 rings (SSSR count). The maximum absolute atomic E-state index is 12.8. The Morgan fingerprint density at radius 1 is 1.43 bits per heavy atom. The minimum atomic E-state index is -3.77. The van der Waals surface area contributed by atoms with E-state index in [1.165, 1.54) is 22.5 Å². The maximum Gasteiger partial charge on any atom is 0.244 e. The molecule has 0 saturated carbocycles. The van der Waals surface area contributed by atoms with Crippen molar-refractivity contribution in [3.05, 3.63) is 22.7 Å². The lowest BCUT2D eigenvalue weighted by atomic mass is 10.3. The van der Waals surface area contributed by atoms with Crippen LogP contribution in [0.3, 0.4) is 0 Å². The Kier molecular flexibility index (Phi) is 4.67. The number of hydrogen-bond donors (Lipinski definition) is 1. The number of sulfonamides is 1. The van der Waals surface area contributed by atoms with Crippen molar-refractivity contribution in [2.24, 2.45) is 0 Å². The van der Waals surface area contributed by atoms with E-state index in [0.717, 1.165) is 0 Å². The molecule has 0 spiro atoms. The quantitative estimate of drug-likeness (QED) is 0.771. The lowest BCUT2D eigenvalue weighted by Crippen LogP contribution is -2.41. The highest BCUT2D eigenvalue weighted by Gasteiger charge is 2.38. The van der Waals surface area contributed by atoms with Gasteiger partial charge in [-0.05, 0) is 40.5 Å². The molecule has 2 N–H and O–H groups in total. The van der Waals surface area contributed by atoms with E-state index in [2.05, 4.69) is 15.9 Å². The van der Waals surface area contributed by atoms with E-state index >= 15 is 0 Å². The fraction of sp³-hybridized carbons (Fsp3) is 0.500. The first kappa shape index (κ1) is 16.7. The zero-order valence-electron chi connectivity index (χ0n) is 11.5. The summed E-state index contributed by atoms with van der Waals surface area (Å²) in [6.07, 6.45) is 0.335. The minimum Gasteiger partial charge on any atom is -0.399 e. The largest absolute Gasteiger partial charge is 0.399 e. The van der Waals surface area contributed by atoms with Gasteiger partial charge in [-0.1, -0.05) is 6.92 Å². The van der Waals surface area contributed by atoms with Gasteiger partial charge in [0.2, 0.25) is 10.0 Å². The first-order valence-corrected chi connectivity index (χ1v) is 10.5. The van der Waals surface area contributed by atoms with Crippen LogP contribution in [0.2, 0.25) is 0 Å². The van der Waals surface area contributed by atoms with Crippen LogP contribution < -0.4 is 5.73 Å². The third-order valence-electron chi connectivity index (χ3n) is 3.47. The predicted molar refractivity (Wildman–Crippen MR) is 85.2 cm³/mol. The van der Waals surface area contributed by atoms with Gasteiger partial charge in [-0.25, -0.2) is 16.8 Å². The first-order chi connectivity index (χ1) is 9.67. The third kappa shape index (κ3) is 3.41. The molecular formula is C12H17BrN2O4S2. The zero-order valence-corrected chi connectivity index (χ0v) is 14.7. The maximum atomic E-state index is 12.8. The van der Waals surface area contributed by atoms with Crippen molar-refractivity contribution >= 4 is 41.5 Å². The van der Waals surface area contributed by atoms with E-state index in [1.807, 2.05) is 0 Å². The number of halogens is 1. The minimum absolute atomic E-state index is 0.0343. The highest BCUT2D eigenvalue weighted by atomic mass is 79.9. The molecule has 0 aromatic heterocycles. The molecule has 0 amide bonds. The Hall–Kier alpha value is -0.640. The van der Waals surface area contributed by atoms with Gasteiger partial charge in [0.1, 0.15) is 0 Å². The lowest BCUT2D eigenvalue weighted by molar-refractivity contribution is 0.354. The second-order valence-corrected chi connectivity index (χ2v) is 9.90. The smallest absolute Gasteiger partial charge is 0.244 e. The van der Waals surface area contributed by atoms with Crippen LogP contribution in [0.4, 0.5) is 5.69 Å². The summed E-state index contributed by atoms with van der Waals surface area (Å²) in [5, 5.41) is 0. The summed E-state index contributed by atoms with van der Waals surface area (Å²) in [5.74, 6) is -0.0841. The normalized spacial score (nSPS) is 21.8.